The number of halogens is 2. The van der Waals surface area contributed by atoms with Gasteiger partial charge in [-0.3, -0.25) is 0 Å². The van der Waals surface area contributed by atoms with E-state index in [9.17, 15) is 5.11 Å². The average Bonchev–Trinajstić information content (AvgIpc) is 2.57. The summed E-state index contributed by atoms with van der Waals surface area (Å²) < 4.78 is 5.76. The van der Waals surface area contributed by atoms with E-state index in [4.69, 9.17) is 33.7 Å². The van der Waals surface area contributed by atoms with Crippen LogP contribution in [0.3, 0.4) is 0 Å². The Morgan fingerprint density at radius 2 is 1.67 bits per heavy atom. The number of phenolic OH excluding ortho intramolecular Hbond substituents is 1. The number of pyridine rings is 1. The van der Waals surface area contributed by atoms with Crippen LogP contribution in [-0.4, -0.2) is 10.1 Å². The molecule has 24 heavy (non-hydrogen) atoms. The predicted octanol–water partition coefficient (Wildman–Crippen LogP) is 4.92. The smallest absolute Gasteiger partial charge is 0.166 e. The highest BCUT2D eigenvalue weighted by atomic mass is 35.5. The van der Waals surface area contributed by atoms with Crippen LogP contribution in [0.15, 0.2) is 54.7 Å². The lowest BCUT2D eigenvalue weighted by Gasteiger charge is -2.12. The van der Waals surface area contributed by atoms with E-state index in [0.717, 1.165) is 11.1 Å². The van der Waals surface area contributed by atoms with Crippen LogP contribution < -0.4 is 10.5 Å². The van der Waals surface area contributed by atoms with Gasteiger partial charge in [0.1, 0.15) is 12.4 Å². The summed E-state index contributed by atoms with van der Waals surface area (Å²) in [5.41, 5.74) is 8.29. The molecule has 1 aromatic heterocycles. The van der Waals surface area contributed by atoms with Crippen LogP contribution >= 0.6 is 23.2 Å². The first-order chi connectivity index (χ1) is 11.5. The fourth-order valence-corrected chi connectivity index (χ4v) is 2.71. The second-order valence-corrected chi connectivity index (χ2v) is 5.96. The molecule has 0 atom stereocenters. The summed E-state index contributed by atoms with van der Waals surface area (Å²) in [5, 5.41) is 10.4. The van der Waals surface area contributed by atoms with Gasteiger partial charge >= 0.3 is 0 Å². The zero-order valence-electron chi connectivity index (χ0n) is 12.5. The number of aromatic nitrogens is 1. The van der Waals surface area contributed by atoms with Crippen molar-refractivity contribution in [1.82, 2.24) is 4.98 Å². The Hall–Kier alpha value is -2.43. The molecule has 6 heteroatoms. The summed E-state index contributed by atoms with van der Waals surface area (Å²) in [6.07, 6.45) is 1.65. The van der Waals surface area contributed by atoms with E-state index >= 15 is 0 Å². The van der Waals surface area contributed by atoms with Gasteiger partial charge in [0, 0.05) is 27.4 Å². The monoisotopic (exact) mass is 360 g/mol. The highest BCUT2D eigenvalue weighted by Crippen LogP contribution is 2.30. The standard InChI is InChI=1S/C18H14Cl2N2O2/c19-15-2-1-3-16(20)14(15)10-24-17-8-12(9-22-18(17)21)11-4-6-13(23)7-5-11/h1-9,23H,10H2,(H2,21,22). The fourth-order valence-electron chi connectivity index (χ4n) is 2.20. The summed E-state index contributed by atoms with van der Waals surface area (Å²) in [6.45, 7) is 0.184. The quantitative estimate of drug-likeness (QED) is 0.692. The van der Waals surface area contributed by atoms with E-state index in [1.165, 1.54) is 0 Å². The molecule has 3 N–H and O–H groups in total. The predicted molar refractivity (Wildman–Crippen MR) is 96.5 cm³/mol. The van der Waals surface area contributed by atoms with Gasteiger partial charge in [0.2, 0.25) is 0 Å². The molecule has 0 aliphatic rings. The number of ether oxygens (including phenoxy) is 1. The lowest BCUT2D eigenvalue weighted by atomic mass is 10.1. The van der Waals surface area contributed by atoms with Crippen molar-refractivity contribution in [1.29, 1.82) is 0 Å². The molecular weight excluding hydrogens is 347 g/mol. The lowest BCUT2D eigenvalue weighted by molar-refractivity contribution is 0.307. The Labute approximate surface area is 149 Å². The second kappa shape index (κ2) is 6.99. The molecule has 1 heterocycles. The SMILES string of the molecule is Nc1ncc(-c2ccc(O)cc2)cc1OCc1c(Cl)cccc1Cl. The maximum atomic E-state index is 9.38. The molecule has 3 aromatic rings. The molecule has 0 bridgehead atoms. The molecule has 0 amide bonds. The molecule has 0 saturated carbocycles. The number of nitrogen functional groups attached to an aromatic ring is 1. The highest BCUT2D eigenvalue weighted by Gasteiger charge is 2.10. The molecule has 122 valence electrons. The van der Waals surface area contributed by atoms with E-state index in [0.29, 0.717) is 21.4 Å². The number of anilines is 1. The number of phenols is 1. The first kappa shape index (κ1) is 16.4. The van der Waals surface area contributed by atoms with E-state index in [1.54, 1.807) is 54.7 Å². The van der Waals surface area contributed by atoms with Crippen molar-refractivity contribution in [2.45, 2.75) is 6.61 Å². The van der Waals surface area contributed by atoms with Crippen LogP contribution in [0, 0.1) is 0 Å². The third-order valence-corrected chi connectivity index (χ3v) is 4.22. The van der Waals surface area contributed by atoms with Gasteiger partial charge in [-0.25, -0.2) is 4.98 Å². The normalized spacial score (nSPS) is 10.6. The molecule has 0 aliphatic heterocycles. The van der Waals surface area contributed by atoms with Gasteiger partial charge in [0.05, 0.1) is 0 Å². The average molecular weight is 361 g/mol. The molecule has 0 spiro atoms. The number of hydrogen-bond acceptors (Lipinski definition) is 4. The Balaban J connectivity index is 1.86. The largest absolute Gasteiger partial charge is 0.508 e. The fraction of sp³-hybridized carbons (Fsp3) is 0.0556. The number of benzene rings is 2. The van der Waals surface area contributed by atoms with Gasteiger partial charge in [-0.2, -0.15) is 0 Å². The number of hydrogen-bond donors (Lipinski definition) is 2. The van der Waals surface area contributed by atoms with Crippen molar-refractivity contribution in [2.24, 2.45) is 0 Å². The Morgan fingerprint density at radius 1 is 1.00 bits per heavy atom. The van der Waals surface area contributed by atoms with Crippen LogP contribution in [0.2, 0.25) is 10.0 Å². The molecule has 0 fully saturated rings. The van der Waals surface area contributed by atoms with Crippen LogP contribution in [0.5, 0.6) is 11.5 Å². The van der Waals surface area contributed by atoms with Crippen LogP contribution in [0.25, 0.3) is 11.1 Å². The van der Waals surface area contributed by atoms with Crippen molar-refractivity contribution >= 4 is 29.0 Å². The lowest BCUT2D eigenvalue weighted by Crippen LogP contribution is -2.02. The summed E-state index contributed by atoms with van der Waals surface area (Å²) >= 11 is 12.3. The Kier molecular flexibility index (Phi) is 4.79. The Bertz CT molecular complexity index is 847. The molecule has 4 nitrogen and oxygen atoms in total. The summed E-state index contributed by atoms with van der Waals surface area (Å²) in [7, 11) is 0. The number of aromatic hydroxyl groups is 1. The summed E-state index contributed by atoms with van der Waals surface area (Å²) in [4.78, 5) is 4.16. The van der Waals surface area contributed by atoms with Crippen molar-refractivity contribution in [2.75, 3.05) is 5.73 Å². The minimum Gasteiger partial charge on any atom is -0.508 e. The van der Waals surface area contributed by atoms with Crippen molar-refractivity contribution in [3.8, 4) is 22.6 Å². The maximum absolute atomic E-state index is 9.38. The maximum Gasteiger partial charge on any atom is 0.166 e. The van der Waals surface area contributed by atoms with E-state index in [-0.39, 0.29) is 18.2 Å². The van der Waals surface area contributed by atoms with Crippen LogP contribution in [0.4, 0.5) is 5.82 Å². The van der Waals surface area contributed by atoms with E-state index < -0.39 is 0 Å². The second-order valence-electron chi connectivity index (χ2n) is 5.14. The van der Waals surface area contributed by atoms with Gasteiger partial charge in [-0.1, -0.05) is 41.4 Å². The number of rotatable bonds is 4. The van der Waals surface area contributed by atoms with Gasteiger partial charge < -0.3 is 15.6 Å². The zero-order valence-corrected chi connectivity index (χ0v) is 14.1. The van der Waals surface area contributed by atoms with Gasteiger partial charge in [0.15, 0.2) is 11.6 Å². The minimum atomic E-state index is 0.184. The molecular formula is C18H14Cl2N2O2. The van der Waals surface area contributed by atoms with Crippen molar-refractivity contribution < 1.29 is 9.84 Å². The van der Waals surface area contributed by atoms with E-state index in [2.05, 4.69) is 4.98 Å². The third kappa shape index (κ3) is 3.55. The number of nitrogens with two attached hydrogens (primary N) is 1. The first-order valence-electron chi connectivity index (χ1n) is 7.15. The topological polar surface area (TPSA) is 68.4 Å². The summed E-state index contributed by atoms with van der Waals surface area (Å²) in [5.74, 6) is 0.921. The molecule has 3 rings (SSSR count). The number of nitrogens with zero attached hydrogens (tertiary/aromatic N) is 1. The first-order valence-corrected chi connectivity index (χ1v) is 7.91. The molecule has 0 unspecified atom stereocenters. The van der Waals surface area contributed by atoms with Gasteiger partial charge in [-0.05, 0) is 35.9 Å². The van der Waals surface area contributed by atoms with Crippen LogP contribution in [-0.2, 0) is 6.61 Å². The van der Waals surface area contributed by atoms with Crippen LogP contribution in [0.1, 0.15) is 5.56 Å². The van der Waals surface area contributed by atoms with Crippen molar-refractivity contribution in [3.05, 3.63) is 70.3 Å². The van der Waals surface area contributed by atoms with Crippen molar-refractivity contribution in [3.63, 3.8) is 0 Å². The Morgan fingerprint density at radius 3 is 2.33 bits per heavy atom. The minimum absolute atomic E-state index is 0.184. The summed E-state index contributed by atoms with van der Waals surface area (Å²) in [6, 6.07) is 13.9. The highest BCUT2D eigenvalue weighted by molar-refractivity contribution is 6.35. The zero-order chi connectivity index (χ0) is 17.1. The van der Waals surface area contributed by atoms with Gasteiger partial charge in [-0.15, -0.1) is 0 Å². The molecule has 2 aromatic carbocycles. The van der Waals surface area contributed by atoms with E-state index in [1.807, 2.05) is 0 Å². The van der Waals surface area contributed by atoms with Gasteiger partial charge in [0.25, 0.3) is 0 Å². The molecule has 0 radical (unpaired) electrons. The molecule has 0 aliphatic carbocycles. The third-order valence-electron chi connectivity index (χ3n) is 3.52. The molecule has 0 saturated heterocycles.